The zero-order chi connectivity index (χ0) is 28.2. The molecule has 4 heterocycles. The average molecular weight is 548 g/mol. The summed E-state index contributed by atoms with van der Waals surface area (Å²) < 4.78 is 20.7. The van der Waals surface area contributed by atoms with Crippen LogP contribution in [-0.4, -0.2) is 84.1 Å². The Bertz CT molecular complexity index is 1300. The van der Waals surface area contributed by atoms with Crippen LogP contribution in [0.5, 0.6) is 6.01 Å². The lowest BCUT2D eigenvalue weighted by atomic mass is 10.1. The van der Waals surface area contributed by atoms with Crippen molar-refractivity contribution >= 4 is 17.4 Å². The highest BCUT2D eigenvalue weighted by molar-refractivity contribution is 5.87. The van der Waals surface area contributed by atoms with Gasteiger partial charge in [-0.25, -0.2) is 4.39 Å². The molecule has 2 aromatic rings. The number of fused-ring (bicyclic) bond motifs is 1. The summed E-state index contributed by atoms with van der Waals surface area (Å²) in [6.45, 7) is 9.86. The molecule has 0 saturated carbocycles. The first-order valence-corrected chi connectivity index (χ1v) is 14.2. The number of halogens is 1. The number of hydrogen-bond acceptors (Lipinski definition) is 8. The van der Waals surface area contributed by atoms with E-state index in [1.165, 1.54) is 12.1 Å². The molecule has 2 saturated heterocycles. The summed E-state index contributed by atoms with van der Waals surface area (Å²) in [5.74, 6) is 0.434. The molecule has 10 heteroatoms. The van der Waals surface area contributed by atoms with E-state index in [2.05, 4.69) is 34.4 Å². The zero-order valence-electron chi connectivity index (χ0n) is 23.5. The molecule has 212 valence electrons. The highest BCUT2D eigenvalue weighted by atomic mass is 19.1. The van der Waals surface area contributed by atoms with E-state index in [1.807, 2.05) is 13.0 Å². The maximum Gasteiger partial charge on any atom is 0.318 e. The Kier molecular flexibility index (Phi) is 8.50. The Morgan fingerprint density at radius 3 is 2.80 bits per heavy atom. The molecule has 0 N–H and O–H groups in total. The summed E-state index contributed by atoms with van der Waals surface area (Å²) >= 11 is 0. The van der Waals surface area contributed by atoms with E-state index in [-0.39, 0.29) is 24.2 Å². The van der Waals surface area contributed by atoms with Gasteiger partial charge in [-0.15, -0.1) is 0 Å². The van der Waals surface area contributed by atoms with Crippen molar-refractivity contribution in [2.75, 3.05) is 56.2 Å². The topological polar surface area (TPSA) is 88.8 Å². The van der Waals surface area contributed by atoms with Gasteiger partial charge in [0.25, 0.3) is 0 Å². The zero-order valence-corrected chi connectivity index (χ0v) is 23.5. The molecule has 2 fully saturated rings. The van der Waals surface area contributed by atoms with Gasteiger partial charge in [0, 0.05) is 49.0 Å². The first-order chi connectivity index (χ1) is 19.4. The van der Waals surface area contributed by atoms with Crippen molar-refractivity contribution in [3.05, 3.63) is 53.5 Å². The number of nitrogens with zero attached hydrogens (tertiary/aromatic N) is 7. The molecule has 1 aromatic heterocycles. The van der Waals surface area contributed by atoms with Gasteiger partial charge in [-0.3, -0.25) is 4.79 Å². The van der Waals surface area contributed by atoms with Crippen molar-refractivity contribution in [2.45, 2.75) is 57.7 Å². The Labute approximate surface area is 235 Å². The van der Waals surface area contributed by atoms with Crippen LogP contribution in [0.25, 0.3) is 0 Å². The standard InChI is InChI=1S/C30H38FN7O2/c1-4-28(39)38-17-16-37(18-22(38)12-13-32)29-24-9-7-15-36(27-11-5-10-25(31)21(27)2)19-26(24)33-30(34-29)40-20-23-8-6-14-35(23)3/h4-5,10-11,22-23H,1,6-9,12,14-20H2,2-3H3/t22?,23-/m0/s1. The van der Waals surface area contributed by atoms with Crippen LogP contribution in [0.2, 0.25) is 0 Å². The number of carbonyl (C=O) groups is 1. The molecule has 5 rings (SSSR count). The van der Waals surface area contributed by atoms with Crippen LogP contribution in [0.1, 0.15) is 42.5 Å². The van der Waals surface area contributed by atoms with Gasteiger partial charge < -0.3 is 24.3 Å². The van der Waals surface area contributed by atoms with E-state index in [0.717, 1.165) is 61.5 Å². The van der Waals surface area contributed by atoms with E-state index in [4.69, 9.17) is 14.7 Å². The molecule has 40 heavy (non-hydrogen) atoms. The van der Waals surface area contributed by atoms with Crippen LogP contribution in [0.15, 0.2) is 30.9 Å². The van der Waals surface area contributed by atoms with Crippen molar-refractivity contribution in [3.8, 4) is 12.1 Å². The summed E-state index contributed by atoms with van der Waals surface area (Å²) in [7, 11) is 2.11. The maximum absolute atomic E-state index is 14.5. The number of likely N-dealkylation sites (N-methyl/N-ethyl adjacent to an activating group) is 1. The molecule has 2 atom stereocenters. The van der Waals surface area contributed by atoms with E-state index in [0.29, 0.717) is 50.4 Å². The Morgan fingerprint density at radius 2 is 2.05 bits per heavy atom. The van der Waals surface area contributed by atoms with Gasteiger partial charge >= 0.3 is 6.01 Å². The monoisotopic (exact) mass is 547 g/mol. The van der Waals surface area contributed by atoms with E-state index in [9.17, 15) is 14.4 Å². The second kappa shape index (κ2) is 12.2. The largest absolute Gasteiger partial charge is 0.462 e. The first-order valence-electron chi connectivity index (χ1n) is 14.2. The van der Waals surface area contributed by atoms with Crippen LogP contribution in [0.4, 0.5) is 15.9 Å². The minimum atomic E-state index is -0.261. The number of likely N-dealkylation sites (tertiary alicyclic amines) is 1. The number of amides is 1. The number of benzene rings is 1. The predicted molar refractivity (Wildman–Crippen MR) is 152 cm³/mol. The molecule has 0 bridgehead atoms. The summed E-state index contributed by atoms with van der Waals surface area (Å²) in [5, 5.41) is 9.48. The molecule has 1 amide bonds. The van der Waals surface area contributed by atoms with Crippen molar-refractivity contribution in [1.82, 2.24) is 19.8 Å². The van der Waals surface area contributed by atoms with Crippen LogP contribution in [-0.2, 0) is 17.8 Å². The summed E-state index contributed by atoms with van der Waals surface area (Å²) in [6.07, 6.45) is 5.41. The molecule has 9 nitrogen and oxygen atoms in total. The molecular weight excluding hydrogens is 509 g/mol. The van der Waals surface area contributed by atoms with Crippen LogP contribution >= 0.6 is 0 Å². The predicted octanol–water partition coefficient (Wildman–Crippen LogP) is 3.47. The maximum atomic E-state index is 14.5. The van der Waals surface area contributed by atoms with E-state index < -0.39 is 0 Å². The first kappa shape index (κ1) is 27.8. The molecule has 1 aromatic carbocycles. The van der Waals surface area contributed by atoms with E-state index in [1.54, 1.807) is 11.0 Å². The third-order valence-electron chi connectivity index (χ3n) is 8.47. The highest BCUT2D eigenvalue weighted by Crippen LogP contribution is 2.33. The second-order valence-corrected chi connectivity index (χ2v) is 10.9. The third-order valence-corrected chi connectivity index (χ3v) is 8.47. The number of anilines is 2. The van der Waals surface area contributed by atoms with Gasteiger partial charge in [-0.05, 0) is 64.4 Å². The number of piperazine rings is 1. The van der Waals surface area contributed by atoms with Crippen molar-refractivity contribution in [1.29, 1.82) is 5.26 Å². The third kappa shape index (κ3) is 5.75. The molecule has 0 spiro atoms. The quantitative estimate of drug-likeness (QED) is 0.487. The molecular formula is C30H38FN7O2. The fourth-order valence-corrected chi connectivity index (χ4v) is 6.15. The lowest BCUT2D eigenvalue weighted by Gasteiger charge is -2.41. The number of carbonyl (C=O) groups excluding carboxylic acids is 1. The number of hydrogen-bond donors (Lipinski definition) is 0. The lowest BCUT2D eigenvalue weighted by Crippen LogP contribution is -2.55. The Morgan fingerprint density at radius 1 is 1.20 bits per heavy atom. The van der Waals surface area contributed by atoms with Gasteiger partial charge in [0.1, 0.15) is 18.2 Å². The number of ether oxygens (including phenoxy) is 1. The lowest BCUT2D eigenvalue weighted by molar-refractivity contribution is -0.128. The number of nitriles is 1. The SMILES string of the molecule is C=CC(=O)N1CCN(c2nc(OC[C@@H]3CCCN3C)nc3c2CCCN(c2cccc(F)c2C)C3)CC1CC#N. The molecule has 3 aliphatic heterocycles. The molecule has 3 aliphatic rings. The summed E-state index contributed by atoms with van der Waals surface area (Å²) in [5.41, 5.74) is 3.43. The van der Waals surface area contributed by atoms with Crippen molar-refractivity contribution in [3.63, 3.8) is 0 Å². The minimum Gasteiger partial charge on any atom is -0.462 e. The Hall–Kier alpha value is -3.71. The molecule has 0 aliphatic carbocycles. The van der Waals surface area contributed by atoms with Gasteiger partial charge in [0.05, 0.1) is 30.8 Å². The number of rotatable bonds is 7. The highest BCUT2D eigenvalue weighted by Gasteiger charge is 2.33. The average Bonchev–Trinajstić information content (AvgIpc) is 3.25. The normalized spacial score (nSPS) is 21.5. The van der Waals surface area contributed by atoms with Crippen LogP contribution in [0, 0.1) is 24.1 Å². The number of aromatic nitrogens is 2. The van der Waals surface area contributed by atoms with Gasteiger partial charge in [0.2, 0.25) is 5.91 Å². The van der Waals surface area contributed by atoms with Crippen molar-refractivity contribution in [2.24, 2.45) is 0 Å². The van der Waals surface area contributed by atoms with E-state index >= 15 is 0 Å². The van der Waals surface area contributed by atoms with Gasteiger partial charge in [0.15, 0.2) is 0 Å². The van der Waals surface area contributed by atoms with Crippen LogP contribution in [0.3, 0.4) is 0 Å². The smallest absolute Gasteiger partial charge is 0.318 e. The van der Waals surface area contributed by atoms with Crippen LogP contribution < -0.4 is 14.5 Å². The second-order valence-electron chi connectivity index (χ2n) is 10.9. The Balaban J connectivity index is 1.49. The fourth-order valence-electron chi connectivity index (χ4n) is 6.15. The van der Waals surface area contributed by atoms with Gasteiger partial charge in [-0.1, -0.05) is 12.6 Å². The fraction of sp³-hybridized carbons (Fsp3) is 0.533. The van der Waals surface area contributed by atoms with Crippen molar-refractivity contribution < 1.29 is 13.9 Å². The summed E-state index contributed by atoms with van der Waals surface area (Å²) in [4.78, 5) is 30.7. The molecule has 1 unspecified atom stereocenters. The molecule has 0 radical (unpaired) electrons. The van der Waals surface area contributed by atoms with Gasteiger partial charge in [-0.2, -0.15) is 15.2 Å². The summed E-state index contributed by atoms with van der Waals surface area (Å²) in [6, 6.07) is 7.84. The minimum absolute atomic E-state index is 0.160.